The van der Waals surface area contributed by atoms with E-state index in [9.17, 15) is 13.6 Å². The molecule has 1 rings (SSSR count). The van der Waals surface area contributed by atoms with Gasteiger partial charge in [0, 0.05) is 12.6 Å². The summed E-state index contributed by atoms with van der Waals surface area (Å²) in [7, 11) is 0. The van der Waals surface area contributed by atoms with Crippen LogP contribution in [-0.4, -0.2) is 32.3 Å². The molecule has 110 valence electrons. The molecule has 0 aliphatic carbocycles. The molecule has 0 atom stereocenters. The molecule has 0 heterocycles. The minimum Gasteiger partial charge on any atom is -0.481 e. The first-order valence-electron chi connectivity index (χ1n) is 6.05. The minimum atomic E-state index is -0.845. The number of ether oxygens (including phenoxy) is 2. The van der Waals surface area contributed by atoms with Gasteiger partial charge in [-0.15, -0.1) is 0 Å². The molecule has 0 aromatic heterocycles. The predicted octanol–water partition coefficient (Wildman–Crippen LogP) is 2.05. The first-order valence-corrected chi connectivity index (χ1v) is 6.05. The van der Waals surface area contributed by atoms with Crippen molar-refractivity contribution in [3.8, 4) is 5.75 Å². The van der Waals surface area contributed by atoms with Crippen molar-refractivity contribution in [2.75, 3.05) is 26.4 Å². The van der Waals surface area contributed by atoms with E-state index in [0.717, 1.165) is 17.7 Å². The Kier molecular flexibility index (Phi) is 6.66. The largest absolute Gasteiger partial charge is 0.481 e. The molecule has 0 aliphatic rings. The van der Waals surface area contributed by atoms with Crippen molar-refractivity contribution >= 4 is 5.91 Å². The lowest BCUT2D eigenvalue weighted by molar-refractivity contribution is -0.123. The molecule has 1 N–H and O–H groups in total. The summed E-state index contributed by atoms with van der Waals surface area (Å²) < 4.78 is 36.0. The summed E-state index contributed by atoms with van der Waals surface area (Å²) in [5.41, 5.74) is 0.895. The van der Waals surface area contributed by atoms with Crippen LogP contribution < -0.4 is 10.1 Å². The van der Waals surface area contributed by atoms with E-state index in [0.29, 0.717) is 25.8 Å². The summed E-state index contributed by atoms with van der Waals surface area (Å²) in [4.78, 5) is 11.4. The molecule has 1 amide bonds. The molecule has 0 saturated carbocycles. The number of halogens is 2. The first kappa shape index (κ1) is 16.1. The van der Waals surface area contributed by atoms with E-state index in [2.05, 4.69) is 11.9 Å². The van der Waals surface area contributed by atoms with Crippen LogP contribution in [0.2, 0.25) is 0 Å². The molecule has 0 fully saturated rings. The van der Waals surface area contributed by atoms with Crippen molar-refractivity contribution < 1.29 is 23.0 Å². The third-order valence-corrected chi connectivity index (χ3v) is 2.17. The number of carbonyl (C=O) groups is 1. The Morgan fingerprint density at radius 1 is 1.35 bits per heavy atom. The molecule has 4 nitrogen and oxygen atoms in total. The maximum atomic E-state index is 13.2. The fraction of sp³-hybridized carbons (Fsp3) is 0.357. The van der Waals surface area contributed by atoms with Crippen LogP contribution in [0.4, 0.5) is 8.78 Å². The summed E-state index contributed by atoms with van der Waals surface area (Å²) in [6.07, 6.45) is 0. The molecule has 0 aliphatic heterocycles. The van der Waals surface area contributed by atoms with Crippen LogP contribution >= 0.6 is 0 Å². The van der Waals surface area contributed by atoms with Crippen LogP contribution in [0.3, 0.4) is 0 Å². The van der Waals surface area contributed by atoms with Gasteiger partial charge in [0.15, 0.2) is 18.2 Å². The Bertz CT molecular complexity index is 477. The van der Waals surface area contributed by atoms with Gasteiger partial charge in [-0.3, -0.25) is 4.79 Å². The van der Waals surface area contributed by atoms with Gasteiger partial charge in [-0.05, 0) is 19.1 Å². The molecule has 0 spiro atoms. The third kappa shape index (κ3) is 6.29. The maximum Gasteiger partial charge on any atom is 0.258 e. The molecular formula is C14H17F2NO3. The van der Waals surface area contributed by atoms with E-state index in [1.165, 1.54) is 0 Å². The second-order valence-electron chi connectivity index (χ2n) is 4.22. The van der Waals surface area contributed by atoms with Gasteiger partial charge in [0.1, 0.15) is 5.82 Å². The third-order valence-electron chi connectivity index (χ3n) is 2.17. The molecule has 0 bridgehead atoms. The quantitative estimate of drug-likeness (QED) is 0.587. The van der Waals surface area contributed by atoms with Gasteiger partial charge >= 0.3 is 0 Å². The monoisotopic (exact) mass is 285 g/mol. The highest BCUT2D eigenvalue weighted by Gasteiger charge is 2.07. The molecule has 20 heavy (non-hydrogen) atoms. The standard InChI is InChI=1S/C14H17F2NO3/c1-10(2)8-19-6-5-17-14(18)9-20-13-4-3-11(15)7-12(13)16/h3-4,7H,1,5-6,8-9H2,2H3,(H,17,18). The highest BCUT2D eigenvalue weighted by atomic mass is 19.1. The lowest BCUT2D eigenvalue weighted by Gasteiger charge is -2.08. The van der Waals surface area contributed by atoms with E-state index in [4.69, 9.17) is 9.47 Å². The van der Waals surface area contributed by atoms with Crippen LogP contribution in [0.1, 0.15) is 6.92 Å². The van der Waals surface area contributed by atoms with Crippen molar-refractivity contribution in [1.29, 1.82) is 0 Å². The van der Waals surface area contributed by atoms with Crippen molar-refractivity contribution in [2.45, 2.75) is 6.92 Å². The Balaban J connectivity index is 2.21. The number of amides is 1. The second kappa shape index (κ2) is 8.27. The van der Waals surface area contributed by atoms with E-state index in [1.54, 1.807) is 0 Å². The topological polar surface area (TPSA) is 47.6 Å². The number of nitrogens with one attached hydrogen (secondary N) is 1. The zero-order valence-electron chi connectivity index (χ0n) is 11.2. The van der Waals surface area contributed by atoms with Gasteiger partial charge in [-0.1, -0.05) is 12.2 Å². The van der Waals surface area contributed by atoms with Gasteiger partial charge in [0.05, 0.1) is 13.2 Å². The zero-order chi connectivity index (χ0) is 15.0. The first-order chi connectivity index (χ1) is 9.49. The van der Waals surface area contributed by atoms with Gasteiger partial charge < -0.3 is 14.8 Å². The Labute approximate surface area is 116 Å². The molecule has 1 aromatic rings. The Morgan fingerprint density at radius 3 is 2.75 bits per heavy atom. The fourth-order valence-corrected chi connectivity index (χ4v) is 1.30. The zero-order valence-corrected chi connectivity index (χ0v) is 11.2. The van der Waals surface area contributed by atoms with Gasteiger partial charge in [0.25, 0.3) is 5.91 Å². The van der Waals surface area contributed by atoms with E-state index in [-0.39, 0.29) is 12.4 Å². The SMILES string of the molecule is C=C(C)COCCNC(=O)COc1ccc(F)cc1F. The molecular weight excluding hydrogens is 268 g/mol. The van der Waals surface area contributed by atoms with E-state index in [1.807, 2.05) is 6.92 Å². The van der Waals surface area contributed by atoms with Crippen LogP contribution in [0.25, 0.3) is 0 Å². The number of carbonyl (C=O) groups excluding carboxylic acids is 1. The average molecular weight is 285 g/mol. The minimum absolute atomic E-state index is 0.167. The molecule has 6 heteroatoms. The smallest absolute Gasteiger partial charge is 0.258 e. The highest BCUT2D eigenvalue weighted by Crippen LogP contribution is 2.17. The number of rotatable bonds is 8. The molecule has 1 aromatic carbocycles. The van der Waals surface area contributed by atoms with Gasteiger partial charge in [-0.2, -0.15) is 0 Å². The summed E-state index contributed by atoms with van der Waals surface area (Å²) in [6, 6.07) is 2.88. The lowest BCUT2D eigenvalue weighted by atomic mass is 10.3. The lowest BCUT2D eigenvalue weighted by Crippen LogP contribution is -2.31. The van der Waals surface area contributed by atoms with Gasteiger partial charge in [0.2, 0.25) is 0 Å². The Hall–Kier alpha value is -1.95. The molecule has 0 radical (unpaired) electrons. The van der Waals surface area contributed by atoms with E-state index < -0.39 is 17.5 Å². The van der Waals surface area contributed by atoms with Gasteiger partial charge in [-0.25, -0.2) is 8.78 Å². The maximum absolute atomic E-state index is 13.2. The summed E-state index contributed by atoms with van der Waals surface area (Å²) in [5, 5.41) is 2.54. The van der Waals surface area contributed by atoms with Crippen molar-refractivity contribution in [1.82, 2.24) is 5.32 Å². The summed E-state index contributed by atoms with van der Waals surface area (Å²) >= 11 is 0. The highest BCUT2D eigenvalue weighted by molar-refractivity contribution is 5.77. The van der Waals surface area contributed by atoms with Crippen LogP contribution in [0.5, 0.6) is 5.75 Å². The normalized spacial score (nSPS) is 10.2. The van der Waals surface area contributed by atoms with Crippen LogP contribution in [0, 0.1) is 11.6 Å². The molecule has 0 unspecified atom stereocenters. The van der Waals surface area contributed by atoms with Crippen molar-refractivity contribution in [2.24, 2.45) is 0 Å². The Morgan fingerprint density at radius 2 is 2.10 bits per heavy atom. The van der Waals surface area contributed by atoms with Crippen LogP contribution in [-0.2, 0) is 9.53 Å². The average Bonchev–Trinajstić information content (AvgIpc) is 2.37. The number of hydrogen-bond acceptors (Lipinski definition) is 3. The summed E-state index contributed by atoms with van der Waals surface area (Å²) in [5.74, 6) is -2.12. The molecule has 0 saturated heterocycles. The second-order valence-corrected chi connectivity index (χ2v) is 4.22. The van der Waals surface area contributed by atoms with Crippen molar-refractivity contribution in [3.05, 3.63) is 42.0 Å². The van der Waals surface area contributed by atoms with E-state index >= 15 is 0 Å². The number of hydrogen-bond donors (Lipinski definition) is 1. The predicted molar refractivity (Wildman–Crippen MR) is 70.5 cm³/mol. The fourth-order valence-electron chi connectivity index (χ4n) is 1.30. The van der Waals surface area contributed by atoms with Crippen LogP contribution in [0.15, 0.2) is 30.4 Å². The van der Waals surface area contributed by atoms with Crippen molar-refractivity contribution in [3.63, 3.8) is 0 Å². The summed E-state index contributed by atoms with van der Waals surface area (Å²) in [6.45, 7) is 6.27. The number of benzene rings is 1.